The molecule has 1 rings (SSSR count). The first-order chi connectivity index (χ1) is 9.04. The summed E-state index contributed by atoms with van der Waals surface area (Å²) >= 11 is 7.44. The number of thioether (sulfide) groups is 1. The van der Waals surface area contributed by atoms with E-state index in [0.717, 1.165) is 0 Å². The number of halogens is 1. The zero-order valence-corrected chi connectivity index (χ0v) is 18.6. The molecule has 0 radical (unpaired) electrons. The van der Waals surface area contributed by atoms with Gasteiger partial charge in [-0.1, -0.05) is 61.1 Å². The third kappa shape index (κ3) is 5.57. The first kappa shape index (κ1) is 18.3. The van der Waals surface area contributed by atoms with E-state index in [1.165, 1.54) is 18.8 Å². The predicted octanol–water partition coefficient (Wildman–Crippen LogP) is 5.64. The summed E-state index contributed by atoms with van der Waals surface area (Å²) in [6.07, 6.45) is 4.22. The van der Waals surface area contributed by atoms with Crippen molar-refractivity contribution in [2.75, 3.05) is 6.26 Å². The van der Waals surface area contributed by atoms with E-state index in [1.807, 2.05) is 11.3 Å². The average molecular weight is 404 g/mol. The first-order valence-corrected chi connectivity index (χ1v) is 16.4. The maximum Gasteiger partial charge on any atom is 0.129 e. The fourth-order valence-corrected chi connectivity index (χ4v) is 8.33. The number of hydrogen-bond donors (Lipinski definition) is 0. The summed E-state index contributed by atoms with van der Waals surface area (Å²) in [5.74, 6) is 3.27. The van der Waals surface area contributed by atoms with Crippen molar-refractivity contribution in [3.05, 3.63) is 21.5 Å². The lowest BCUT2D eigenvalue weighted by molar-refractivity contribution is 1.76. The Morgan fingerprint density at radius 3 is 2.25 bits per heavy atom. The molecule has 0 saturated carbocycles. The van der Waals surface area contributed by atoms with Crippen LogP contribution in [0.1, 0.15) is 4.88 Å². The lowest BCUT2D eigenvalue weighted by Crippen LogP contribution is -2.35. The van der Waals surface area contributed by atoms with E-state index in [2.05, 4.69) is 85.1 Å². The van der Waals surface area contributed by atoms with Crippen LogP contribution in [0.25, 0.3) is 4.91 Å². The Morgan fingerprint density at radius 1 is 1.25 bits per heavy atom. The molecule has 20 heavy (non-hydrogen) atoms. The molecule has 0 aliphatic carbocycles. The zero-order valence-electron chi connectivity index (χ0n) is 13.3. The van der Waals surface area contributed by atoms with E-state index in [4.69, 9.17) is 0 Å². The minimum Gasteiger partial charge on any atom is -0.143 e. The Hall–Kier alpha value is 0.264. The Labute approximate surface area is 142 Å². The molecule has 0 aliphatic heterocycles. The van der Waals surface area contributed by atoms with Crippen LogP contribution in [-0.2, 0) is 0 Å². The lowest BCUT2D eigenvalue weighted by Gasteiger charge is -2.13. The minimum absolute atomic E-state index is 1.27. The van der Waals surface area contributed by atoms with Gasteiger partial charge in [0.1, 0.15) is 8.07 Å². The van der Waals surface area contributed by atoms with Gasteiger partial charge < -0.3 is 0 Å². The Bertz CT molecular complexity index is 563. The molecule has 0 bridgehead atoms. The minimum atomic E-state index is -1.29. The van der Waals surface area contributed by atoms with Gasteiger partial charge in [0.2, 0.25) is 0 Å². The molecular weight excluding hydrogens is 380 g/mol. The van der Waals surface area contributed by atoms with Crippen molar-refractivity contribution >= 4 is 64.6 Å². The van der Waals surface area contributed by atoms with Crippen LogP contribution in [0.2, 0.25) is 39.3 Å². The highest BCUT2D eigenvalue weighted by Crippen LogP contribution is 2.32. The van der Waals surface area contributed by atoms with Crippen molar-refractivity contribution in [1.82, 2.24) is 0 Å². The van der Waals surface area contributed by atoms with Crippen molar-refractivity contribution in [1.29, 1.82) is 0 Å². The van der Waals surface area contributed by atoms with Crippen LogP contribution >= 0.6 is 39.0 Å². The van der Waals surface area contributed by atoms with Crippen LogP contribution in [0, 0.1) is 11.5 Å². The molecule has 0 nitrogen and oxygen atoms in total. The maximum atomic E-state index is 3.73. The van der Waals surface area contributed by atoms with Gasteiger partial charge >= 0.3 is 0 Å². The second-order valence-electron chi connectivity index (χ2n) is 6.77. The predicted molar refractivity (Wildman–Crippen MR) is 108 cm³/mol. The van der Waals surface area contributed by atoms with Crippen LogP contribution in [-0.4, -0.2) is 22.4 Å². The first-order valence-electron chi connectivity index (χ1n) is 6.61. The molecule has 110 valence electrons. The van der Waals surface area contributed by atoms with E-state index < -0.39 is 16.1 Å². The molecule has 0 atom stereocenters. The maximum absolute atomic E-state index is 3.73. The lowest BCUT2D eigenvalue weighted by atomic mass is 10.4. The molecule has 0 N–H and O–H groups in total. The number of rotatable bonds is 3. The summed E-state index contributed by atoms with van der Waals surface area (Å²) < 4.78 is 2.81. The standard InChI is InChI=1S/C15H23BrS2Si2/c1-17-13(9-8-10-19(2,3)4)14-11-12(16)15(18-14)20(5,6)7/h9,11H,1-7H3/b13-9-. The normalized spacial score (nSPS) is 13.1. The van der Waals surface area contributed by atoms with Crippen molar-refractivity contribution in [3.8, 4) is 11.5 Å². The third-order valence-electron chi connectivity index (χ3n) is 2.48. The molecule has 0 amide bonds. The molecule has 0 aromatic carbocycles. The van der Waals surface area contributed by atoms with Crippen molar-refractivity contribution in [2.45, 2.75) is 39.3 Å². The molecular formula is C15H23BrS2Si2. The molecule has 0 unspecified atom stereocenters. The van der Waals surface area contributed by atoms with Crippen LogP contribution in [0.15, 0.2) is 16.6 Å². The number of thiophene rings is 1. The highest BCUT2D eigenvalue weighted by atomic mass is 79.9. The molecule has 0 aliphatic rings. The Morgan fingerprint density at radius 2 is 1.85 bits per heavy atom. The highest BCUT2D eigenvalue weighted by Gasteiger charge is 2.23. The molecule has 0 saturated heterocycles. The van der Waals surface area contributed by atoms with E-state index in [-0.39, 0.29) is 0 Å². The van der Waals surface area contributed by atoms with Gasteiger partial charge in [-0.15, -0.1) is 28.6 Å². The smallest absolute Gasteiger partial charge is 0.129 e. The summed E-state index contributed by atoms with van der Waals surface area (Å²) in [4.78, 5) is 2.62. The van der Waals surface area contributed by atoms with Gasteiger partial charge in [0.25, 0.3) is 0 Å². The molecule has 0 spiro atoms. The van der Waals surface area contributed by atoms with E-state index in [0.29, 0.717) is 0 Å². The summed E-state index contributed by atoms with van der Waals surface area (Å²) in [6, 6.07) is 2.26. The SMILES string of the molecule is CS/C(=C\C#C[Si](C)(C)C)c1cc(Br)c([Si](C)(C)C)s1. The van der Waals surface area contributed by atoms with Crippen LogP contribution < -0.4 is 4.50 Å². The van der Waals surface area contributed by atoms with Crippen LogP contribution in [0.3, 0.4) is 0 Å². The summed E-state index contributed by atoms with van der Waals surface area (Å²) in [5.41, 5.74) is 3.41. The second kappa shape index (κ2) is 7.02. The summed E-state index contributed by atoms with van der Waals surface area (Å²) in [7, 11) is -2.56. The van der Waals surface area contributed by atoms with Gasteiger partial charge in [0, 0.05) is 24.8 Å². The Balaban J connectivity index is 3.14. The van der Waals surface area contributed by atoms with Crippen molar-refractivity contribution in [3.63, 3.8) is 0 Å². The van der Waals surface area contributed by atoms with Gasteiger partial charge in [-0.25, -0.2) is 0 Å². The van der Waals surface area contributed by atoms with Crippen LogP contribution in [0.4, 0.5) is 0 Å². The van der Waals surface area contributed by atoms with Gasteiger partial charge in [-0.05, 0) is 12.3 Å². The third-order valence-corrected chi connectivity index (χ3v) is 10.3. The van der Waals surface area contributed by atoms with E-state index >= 15 is 0 Å². The number of allylic oxidation sites excluding steroid dienone is 1. The van der Waals surface area contributed by atoms with Crippen molar-refractivity contribution < 1.29 is 0 Å². The van der Waals surface area contributed by atoms with Gasteiger partial charge in [0.05, 0.1) is 8.07 Å². The average Bonchev–Trinajstić information content (AvgIpc) is 2.65. The zero-order chi connectivity index (χ0) is 15.6. The summed E-state index contributed by atoms with van der Waals surface area (Å²) in [6.45, 7) is 14.0. The largest absolute Gasteiger partial charge is 0.143 e. The van der Waals surface area contributed by atoms with E-state index in [9.17, 15) is 0 Å². The van der Waals surface area contributed by atoms with Gasteiger partial charge in [-0.2, -0.15) is 0 Å². The Kier molecular flexibility index (Phi) is 6.42. The topological polar surface area (TPSA) is 0 Å². The fraction of sp³-hybridized carbons (Fsp3) is 0.467. The van der Waals surface area contributed by atoms with E-state index in [1.54, 1.807) is 11.8 Å². The van der Waals surface area contributed by atoms with Gasteiger partial charge in [0.15, 0.2) is 0 Å². The summed E-state index contributed by atoms with van der Waals surface area (Å²) in [5, 5.41) is 0. The molecule has 1 aromatic rings. The monoisotopic (exact) mass is 402 g/mol. The molecule has 0 fully saturated rings. The number of hydrogen-bond acceptors (Lipinski definition) is 2. The molecule has 1 heterocycles. The molecule has 5 heteroatoms. The second-order valence-corrected chi connectivity index (χ2v) is 19.6. The quantitative estimate of drug-likeness (QED) is 0.465. The van der Waals surface area contributed by atoms with Crippen molar-refractivity contribution in [2.24, 2.45) is 0 Å². The highest BCUT2D eigenvalue weighted by molar-refractivity contribution is 9.10. The fourth-order valence-electron chi connectivity index (χ4n) is 1.55. The molecule has 1 aromatic heterocycles. The van der Waals surface area contributed by atoms with Crippen LogP contribution in [0.5, 0.6) is 0 Å². The van der Waals surface area contributed by atoms with Gasteiger partial charge in [-0.3, -0.25) is 0 Å².